The zero-order chi connectivity index (χ0) is 18.4. The summed E-state index contributed by atoms with van der Waals surface area (Å²) in [4.78, 5) is 0. The maximum Gasteiger partial charge on any atom is 0.191 e. The fourth-order valence-corrected chi connectivity index (χ4v) is 3.60. The van der Waals surface area contributed by atoms with E-state index in [1.807, 2.05) is 54.6 Å². The number of thioether (sulfide) groups is 1. The molecule has 1 atom stereocenters. The van der Waals surface area contributed by atoms with Crippen LogP contribution < -0.4 is 4.74 Å². The molecule has 1 heterocycles. The minimum absolute atomic E-state index is 0.237. The van der Waals surface area contributed by atoms with Gasteiger partial charge >= 0.3 is 0 Å². The molecule has 0 bridgehead atoms. The molecule has 0 spiro atoms. The van der Waals surface area contributed by atoms with Gasteiger partial charge in [-0.1, -0.05) is 58.0 Å². The number of rotatable bonds is 8. The van der Waals surface area contributed by atoms with E-state index in [1.165, 1.54) is 11.8 Å². The molecule has 0 saturated heterocycles. The van der Waals surface area contributed by atoms with Crippen molar-refractivity contribution in [3.05, 3.63) is 59.1 Å². The average Bonchev–Trinajstić information content (AvgIpc) is 3.09. The van der Waals surface area contributed by atoms with Crippen molar-refractivity contribution in [1.29, 1.82) is 0 Å². The minimum Gasteiger partial charge on any atom is -0.491 e. The van der Waals surface area contributed by atoms with Gasteiger partial charge in [0, 0.05) is 22.3 Å². The number of ether oxygens (including phenoxy) is 1. The summed E-state index contributed by atoms with van der Waals surface area (Å²) in [6, 6.07) is 17.5. The predicted molar refractivity (Wildman–Crippen MR) is 107 cm³/mol. The van der Waals surface area contributed by atoms with Crippen LogP contribution in [0.4, 0.5) is 0 Å². The van der Waals surface area contributed by atoms with Crippen LogP contribution in [0.2, 0.25) is 0 Å². The first-order valence-corrected chi connectivity index (χ1v) is 10.1. The highest BCUT2D eigenvalue weighted by atomic mass is 79.9. The molecule has 3 rings (SSSR count). The van der Waals surface area contributed by atoms with Gasteiger partial charge < -0.3 is 14.4 Å². The monoisotopic (exact) mass is 433 g/mol. The maximum absolute atomic E-state index is 10.2. The SMILES string of the molecule is CCn1c(SCC(O)COc2ccc(Br)cc2)nnc1-c1ccccc1. The molecule has 136 valence electrons. The van der Waals surface area contributed by atoms with Gasteiger partial charge in [-0.3, -0.25) is 0 Å². The van der Waals surface area contributed by atoms with Crippen LogP contribution in [0.1, 0.15) is 6.92 Å². The van der Waals surface area contributed by atoms with E-state index in [-0.39, 0.29) is 6.61 Å². The second kappa shape index (κ2) is 9.21. The van der Waals surface area contributed by atoms with Gasteiger partial charge in [0.2, 0.25) is 0 Å². The Hall–Kier alpha value is -1.83. The van der Waals surface area contributed by atoms with Crippen molar-refractivity contribution >= 4 is 27.7 Å². The third-order valence-electron chi connectivity index (χ3n) is 3.73. The normalized spacial score (nSPS) is 12.1. The van der Waals surface area contributed by atoms with Gasteiger partial charge in [-0.2, -0.15) is 0 Å². The molecule has 1 unspecified atom stereocenters. The van der Waals surface area contributed by atoms with Crippen LogP contribution in [0.5, 0.6) is 5.75 Å². The lowest BCUT2D eigenvalue weighted by Gasteiger charge is -2.12. The molecule has 0 aliphatic rings. The number of aliphatic hydroxyl groups excluding tert-OH is 1. The lowest BCUT2D eigenvalue weighted by Crippen LogP contribution is -2.20. The summed E-state index contributed by atoms with van der Waals surface area (Å²) in [5, 5.41) is 19.6. The number of nitrogens with zero attached hydrogens (tertiary/aromatic N) is 3. The summed E-state index contributed by atoms with van der Waals surface area (Å²) in [6.07, 6.45) is -0.592. The van der Waals surface area contributed by atoms with Crippen molar-refractivity contribution in [3.8, 4) is 17.1 Å². The maximum atomic E-state index is 10.2. The fourth-order valence-electron chi connectivity index (χ4n) is 2.42. The molecule has 1 aromatic heterocycles. The van der Waals surface area contributed by atoms with Crippen LogP contribution in [0.25, 0.3) is 11.4 Å². The molecule has 0 fully saturated rings. The Labute approximate surface area is 165 Å². The van der Waals surface area contributed by atoms with Crippen molar-refractivity contribution in [2.45, 2.75) is 24.7 Å². The van der Waals surface area contributed by atoms with E-state index < -0.39 is 6.10 Å². The molecular formula is C19H20BrN3O2S. The second-order valence-electron chi connectivity index (χ2n) is 5.65. The highest BCUT2D eigenvalue weighted by molar-refractivity contribution is 9.10. The summed E-state index contributed by atoms with van der Waals surface area (Å²) in [5.41, 5.74) is 1.04. The Bertz CT molecular complexity index is 825. The molecule has 26 heavy (non-hydrogen) atoms. The standard InChI is InChI=1S/C19H20BrN3O2S/c1-2-23-18(14-6-4-3-5-7-14)21-22-19(23)26-13-16(24)12-25-17-10-8-15(20)9-11-17/h3-11,16,24H,2,12-13H2,1H3. The van der Waals surface area contributed by atoms with Crippen molar-refractivity contribution in [3.63, 3.8) is 0 Å². The van der Waals surface area contributed by atoms with Gasteiger partial charge in [0.25, 0.3) is 0 Å². The number of benzene rings is 2. The first-order chi connectivity index (χ1) is 12.7. The molecule has 7 heteroatoms. The van der Waals surface area contributed by atoms with E-state index in [0.717, 1.165) is 33.3 Å². The predicted octanol–water partition coefficient (Wildman–Crippen LogP) is 4.26. The summed E-state index contributed by atoms with van der Waals surface area (Å²) >= 11 is 4.87. The second-order valence-corrected chi connectivity index (χ2v) is 7.55. The smallest absolute Gasteiger partial charge is 0.191 e. The van der Waals surface area contributed by atoms with E-state index in [1.54, 1.807) is 0 Å². The largest absolute Gasteiger partial charge is 0.491 e. The molecule has 0 aliphatic heterocycles. The van der Waals surface area contributed by atoms with Crippen LogP contribution in [-0.4, -0.2) is 38.3 Å². The summed E-state index contributed by atoms with van der Waals surface area (Å²) < 4.78 is 8.67. The first-order valence-electron chi connectivity index (χ1n) is 8.35. The van der Waals surface area contributed by atoms with E-state index in [9.17, 15) is 5.11 Å². The zero-order valence-corrected chi connectivity index (χ0v) is 16.8. The van der Waals surface area contributed by atoms with Crippen molar-refractivity contribution < 1.29 is 9.84 Å². The summed E-state index contributed by atoms with van der Waals surface area (Å²) in [6.45, 7) is 3.07. The number of halogens is 1. The lowest BCUT2D eigenvalue weighted by molar-refractivity contribution is 0.126. The Morgan fingerprint density at radius 2 is 1.85 bits per heavy atom. The Kier molecular flexibility index (Phi) is 6.71. The van der Waals surface area contributed by atoms with E-state index in [4.69, 9.17) is 4.74 Å². The Morgan fingerprint density at radius 3 is 2.54 bits per heavy atom. The molecule has 5 nitrogen and oxygen atoms in total. The summed E-state index contributed by atoms with van der Waals surface area (Å²) in [7, 11) is 0. The lowest BCUT2D eigenvalue weighted by atomic mass is 10.2. The minimum atomic E-state index is -0.592. The number of hydrogen-bond acceptors (Lipinski definition) is 5. The Balaban J connectivity index is 1.57. The van der Waals surface area contributed by atoms with Crippen LogP contribution in [0.15, 0.2) is 64.2 Å². The molecule has 1 N–H and O–H groups in total. The van der Waals surface area contributed by atoms with Gasteiger partial charge in [-0.15, -0.1) is 10.2 Å². The first kappa shape index (κ1) is 18.9. The highest BCUT2D eigenvalue weighted by Gasteiger charge is 2.15. The highest BCUT2D eigenvalue weighted by Crippen LogP contribution is 2.24. The topological polar surface area (TPSA) is 60.2 Å². The number of aliphatic hydroxyl groups is 1. The fraction of sp³-hybridized carbons (Fsp3) is 0.263. The van der Waals surface area contributed by atoms with Gasteiger partial charge in [0.15, 0.2) is 11.0 Å². The zero-order valence-electron chi connectivity index (χ0n) is 14.4. The number of hydrogen-bond donors (Lipinski definition) is 1. The van der Waals surface area contributed by atoms with Crippen LogP contribution in [0.3, 0.4) is 0 Å². The quantitative estimate of drug-likeness (QED) is 0.537. The van der Waals surface area contributed by atoms with Gasteiger partial charge in [0.05, 0.1) is 6.10 Å². The molecule has 0 aliphatic carbocycles. The molecule has 0 radical (unpaired) electrons. The van der Waals surface area contributed by atoms with E-state index in [0.29, 0.717) is 5.75 Å². The van der Waals surface area contributed by atoms with Crippen molar-refractivity contribution in [2.24, 2.45) is 0 Å². The molecular weight excluding hydrogens is 414 g/mol. The third-order valence-corrected chi connectivity index (χ3v) is 5.37. The number of aromatic nitrogens is 3. The molecule has 0 saturated carbocycles. The van der Waals surface area contributed by atoms with Crippen LogP contribution in [0, 0.1) is 0 Å². The van der Waals surface area contributed by atoms with Crippen LogP contribution >= 0.6 is 27.7 Å². The van der Waals surface area contributed by atoms with Gasteiger partial charge in [0.1, 0.15) is 12.4 Å². The molecule has 0 amide bonds. The molecule has 2 aromatic carbocycles. The van der Waals surface area contributed by atoms with Gasteiger partial charge in [-0.25, -0.2) is 0 Å². The van der Waals surface area contributed by atoms with E-state index in [2.05, 4.69) is 37.6 Å². The third kappa shape index (κ3) is 4.87. The Morgan fingerprint density at radius 1 is 1.12 bits per heavy atom. The van der Waals surface area contributed by atoms with Crippen molar-refractivity contribution in [2.75, 3.05) is 12.4 Å². The summed E-state index contributed by atoms with van der Waals surface area (Å²) in [5.74, 6) is 2.07. The average molecular weight is 434 g/mol. The van der Waals surface area contributed by atoms with Crippen molar-refractivity contribution in [1.82, 2.24) is 14.8 Å². The molecule has 3 aromatic rings. The van der Waals surface area contributed by atoms with E-state index >= 15 is 0 Å². The van der Waals surface area contributed by atoms with Gasteiger partial charge in [-0.05, 0) is 31.2 Å². The van der Waals surface area contributed by atoms with Crippen LogP contribution in [-0.2, 0) is 6.54 Å².